The second kappa shape index (κ2) is 4.12. The number of hydrogen-bond donors (Lipinski definition) is 1. The maximum Gasteiger partial charge on any atom is 0.0408 e. The van der Waals surface area contributed by atoms with E-state index >= 15 is 0 Å². The predicted octanol–water partition coefficient (Wildman–Crippen LogP) is 3.78. The van der Waals surface area contributed by atoms with Gasteiger partial charge in [-0.05, 0) is 42.7 Å². The lowest BCUT2D eigenvalue weighted by Gasteiger charge is -2.19. The normalized spacial score (nSPS) is 24.4. The molecule has 0 radical (unpaired) electrons. The van der Waals surface area contributed by atoms with Gasteiger partial charge < -0.3 is 5.32 Å². The standard InChI is InChI=1S/C15H21N/c1-2-11-8-5-9-13-10-14(16-15(11)13)12-6-3-4-7-12/h5,8-9,12,14,16H,2-4,6-7,10H2,1H3. The molecule has 86 valence electrons. The zero-order valence-electron chi connectivity index (χ0n) is 10.1. The number of para-hydroxylation sites is 1. The Labute approximate surface area is 98.3 Å². The minimum Gasteiger partial charge on any atom is -0.381 e. The van der Waals surface area contributed by atoms with Gasteiger partial charge in [0.05, 0.1) is 0 Å². The molecule has 1 atom stereocenters. The Bertz CT molecular complexity index is 377. The van der Waals surface area contributed by atoms with Crippen LogP contribution in [0.15, 0.2) is 18.2 Å². The first kappa shape index (κ1) is 10.2. The van der Waals surface area contributed by atoms with E-state index in [1.54, 1.807) is 5.56 Å². The molecule has 0 saturated heterocycles. The van der Waals surface area contributed by atoms with Crippen LogP contribution >= 0.6 is 0 Å². The maximum atomic E-state index is 3.80. The summed E-state index contributed by atoms with van der Waals surface area (Å²) in [6.45, 7) is 2.25. The van der Waals surface area contributed by atoms with E-state index in [4.69, 9.17) is 0 Å². The van der Waals surface area contributed by atoms with Gasteiger partial charge in [-0.15, -0.1) is 0 Å². The average Bonchev–Trinajstić information content (AvgIpc) is 2.96. The van der Waals surface area contributed by atoms with Gasteiger partial charge in [-0.25, -0.2) is 0 Å². The molecular formula is C15H21N. The van der Waals surface area contributed by atoms with Crippen molar-refractivity contribution >= 4 is 5.69 Å². The molecule has 1 unspecified atom stereocenters. The second-order valence-electron chi connectivity index (χ2n) is 5.30. The van der Waals surface area contributed by atoms with Crippen molar-refractivity contribution in [2.75, 3.05) is 5.32 Å². The van der Waals surface area contributed by atoms with Gasteiger partial charge in [-0.3, -0.25) is 0 Å². The minimum absolute atomic E-state index is 0.727. The number of anilines is 1. The highest BCUT2D eigenvalue weighted by Gasteiger charge is 2.30. The largest absolute Gasteiger partial charge is 0.381 e. The van der Waals surface area contributed by atoms with Crippen LogP contribution in [0, 0.1) is 5.92 Å². The summed E-state index contributed by atoms with van der Waals surface area (Å²) in [5.74, 6) is 0.928. The minimum atomic E-state index is 0.727. The molecule has 1 aromatic carbocycles. The van der Waals surface area contributed by atoms with Gasteiger partial charge in [-0.1, -0.05) is 38.0 Å². The molecule has 1 N–H and O–H groups in total. The van der Waals surface area contributed by atoms with Crippen LogP contribution in [0.1, 0.15) is 43.7 Å². The van der Waals surface area contributed by atoms with Crippen LogP contribution in [0.25, 0.3) is 0 Å². The molecule has 1 fully saturated rings. The van der Waals surface area contributed by atoms with Gasteiger partial charge in [0.2, 0.25) is 0 Å². The Hall–Kier alpha value is -0.980. The molecule has 1 aliphatic heterocycles. The molecule has 3 rings (SSSR count). The molecule has 2 aliphatic rings. The summed E-state index contributed by atoms with van der Waals surface area (Å²) in [6.07, 6.45) is 8.17. The van der Waals surface area contributed by atoms with Crippen molar-refractivity contribution in [2.45, 2.75) is 51.5 Å². The summed E-state index contributed by atoms with van der Waals surface area (Å²) < 4.78 is 0. The molecule has 0 spiro atoms. The van der Waals surface area contributed by atoms with E-state index in [-0.39, 0.29) is 0 Å². The molecule has 1 nitrogen and oxygen atoms in total. The smallest absolute Gasteiger partial charge is 0.0408 e. The van der Waals surface area contributed by atoms with E-state index in [9.17, 15) is 0 Å². The van der Waals surface area contributed by atoms with Gasteiger partial charge in [0.15, 0.2) is 0 Å². The van der Waals surface area contributed by atoms with E-state index in [2.05, 4.69) is 30.4 Å². The zero-order chi connectivity index (χ0) is 11.0. The van der Waals surface area contributed by atoms with Crippen molar-refractivity contribution in [3.05, 3.63) is 29.3 Å². The Morgan fingerprint density at radius 2 is 2.06 bits per heavy atom. The van der Waals surface area contributed by atoms with Crippen molar-refractivity contribution < 1.29 is 0 Å². The predicted molar refractivity (Wildman–Crippen MR) is 68.9 cm³/mol. The third kappa shape index (κ3) is 1.63. The SMILES string of the molecule is CCc1cccc2c1NC(C1CCCC1)C2. The second-order valence-corrected chi connectivity index (χ2v) is 5.30. The van der Waals surface area contributed by atoms with E-state index in [0.717, 1.165) is 18.4 Å². The van der Waals surface area contributed by atoms with Crippen molar-refractivity contribution in [1.82, 2.24) is 0 Å². The highest BCUT2D eigenvalue weighted by Crippen LogP contribution is 2.37. The fourth-order valence-corrected chi connectivity index (χ4v) is 3.42. The Kier molecular flexibility index (Phi) is 2.62. The molecule has 16 heavy (non-hydrogen) atoms. The number of fused-ring (bicyclic) bond motifs is 1. The van der Waals surface area contributed by atoms with Crippen LogP contribution in [0.3, 0.4) is 0 Å². The van der Waals surface area contributed by atoms with Crippen molar-refractivity contribution in [3.8, 4) is 0 Å². The van der Waals surface area contributed by atoms with Crippen molar-refractivity contribution in [3.63, 3.8) is 0 Å². The van der Waals surface area contributed by atoms with E-state index in [1.807, 2.05) is 0 Å². The van der Waals surface area contributed by atoms with Gasteiger partial charge in [0.25, 0.3) is 0 Å². The van der Waals surface area contributed by atoms with Crippen LogP contribution < -0.4 is 5.32 Å². The van der Waals surface area contributed by atoms with Crippen molar-refractivity contribution in [2.24, 2.45) is 5.92 Å². The summed E-state index contributed by atoms with van der Waals surface area (Å²) >= 11 is 0. The number of rotatable bonds is 2. The fourth-order valence-electron chi connectivity index (χ4n) is 3.42. The molecule has 1 aliphatic carbocycles. The lowest BCUT2D eigenvalue weighted by atomic mass is 9.95. The topological polar surface area (TPSA) is 12.0 Å². The summed E-state index contributed by atoms with van der Waals surface area (Å²) in [6, 6.07) is 7.51. The number of hydrogen-bond acceptors (Lipinski definition) is 1. The van der Waals surface area contributed by atoms with Gasteiger partial charge in [0, 0.05) is 11.7 Å². The van der Waals surface area contributed by atoms with Crippen LogP contribution in [0.5, 0.6) is 0 Å². The Morgan fingerprint density at radius 1 is 1.25 bits per heavy atom. The molecule has 0 aromatic heterocycles. The number of nitrogens with one attached hydrogen (secondary N) is 1. The average molecular weight is 215 g/mol. The lowest BCUT2D eigenvalue weighted by molar-refractivity contribution is 0.466. The molecule has 1 heteroatoms. The Balaban J connectivity index is 1.82. The third-order valence-electron chi connectivity index (χ3n) is 4.36. The maximum absolute atomic E-state index is 3.80. The van der Waals surface area contributed by atoms with Gasteiger partial charge in [0.1, 0.15) is 0 Å². The number of benzene rings is 1. The number of aryl methyl sites for hydroxylation is 1. The van der Waals surface area contributed by atoms with E-state index < -0.39 is 0 Å². The molecule has 0 bridgehead atoms. The van der Waals surface area contributed by atoms with Crippen LogP contribution in [-0.2, 0) is 12.8 Å². The molecule has 1 heterocycles. The van der Waals surface area contributed by atoms with Crippen LogP contribution in [0.2, 0.25) is 0 Å². The van der Waals surface area contributed by atoms with Gasteiger partial charge >= 0.3 is 0 Å². The molecule has 1 saturated carbocycles. The fraction of sp³-hybridized carbons (Fsp3) is 0.600. The summed E-state index contributed by atoms with van der Waals surface area (Å²) in [7, 11) is 0. The quantitative estimate of drug-likeness (QED) is 0.791. The highest BCUT2D eigenvalue weighted by atomic mass is 15.0. The molecule has 0 amide bonds. The first-order valence-electron chi connectivity index (χ1n) is 6.75. The zero-order valence-corrected chi connectivity index (χ0v) is 10.1. The van der Waals surface area contributed by atoms with Crippen LogP contribution in [0.4, 0.5) is 5.69 Å². The summed E-state index contributed by atoms with van der Waals surface area (Å²) in [5, 5.41) is 3.80. The van der Waals surface area contributed by atoms with E-state index in [0.29, 0.717) is 0 Å². The summed E-state index contributed by atoms with van der Waals surface area (Å²) in [4.78, 5) is 0. The summed E-state index contributed by atoms with van der Waals surface area (Å²) in [5.41, 5.74) is 4.51. The first-order chi connectivity index (χ1) is 7.88. The first-order valence-corrected chi connectivity index (χ1v) is 6.75. The monoisotopic (exact) mass is 215 g/mol. The van der Waals surface area contributed by atoms with Crippen LogP contribution in [-0.4, -0.2) is 6.04 Å². The molecule has 1 aromatic rings. The molecular weight excluding hydrogens is 194 g/mol. The third-order valence-corrected chi connectivity index (χ3v) is 4.36. The van der Waals surface area contributed by atoms with E-state index in [1.165, 1.54) is 43.4 Å². The highest BCUT2D eigenvalue weighted by molar-refractivity contribution is 5.62. The Morgan fingerprint density at radius 3 is 2.81 bits per heavy atom. The lowest BCUT2D eigenvalue weighted by Crippen LogP contribution is -2.24. The van der Waals surface area contributed by atoms with Crippen molar-refractivity contribution in [1.29, 1.82) is 0 Å². The van der Waals surface area contributed by atoms with Gasteiger partial charge in [-0.2, -0.15) is 0 Å².